The van der Waals surface area contributed by atoms with Crippen LogP contribution in [0.1, 0.15) is 62.9 Å². The van der Waals surface area contributed by atoms with Gasteiger partial charge in [0.05, 0.1) is 20.3 Å². The number of benzene rings is 1. The molecule has 0 aliphatic rings. The second-order valence-corrected chi connectivity index (χ2v) is 9.26. The van der Waals surface area contributed by atoms with Crippen molar-refractivity contribution in [3.63, 3.8) is 0 Å². The molecule has 1 rings (SSSR count). The van der Waals surface area contributed by atoms with E-state index in [0.29, 0.717) is 30.8 Å². The number of rotatable bonds is 15. The summed E-state index contributed by atoms with van der Waals surface area (Å²) in [6.07, 6.45) is 1.06. The van der Waals surface area contributed by atoms with E-state index in [0.717, 1.165) is 18.4 Å². The first-order valence-electron chi connectivity index (χ1n) is 12.6. The summed E-state index contributed by atoms with van der Waals surface area (Å²) in [6.45, 7) is 8.63. The van der Waals surface area contributed by atoms with Gasteiger partial charge in [-0.05, 0) is 56.9 Å². The number of nitrogens with one attached hydrogen (secondary N) is 2. The lowest BCUT2D eigenvalue weighted by atomic mass is 9.97. The molecule has 0 radical (unpaired) electrons. The second kappa shape index (κ2) is 16.0. The minimum atomic E-state index is -0.943. The van der Waals surface area contributed by atoms with Crippen LogP contribution in [0.4, 0.5) is 4.79 Å². The van der Waals surface area contributed by atoms with Crippen LogP contribution >= 0.6 is 0 Å². The smallest absolute Gasteiger partial charge is 0.406 e. The lowest BCUT2D eigenvalue weighted by Gasteiger charge is -2.32. The molecule has 0 fully saturated rings. The number of unbranched alkanes of at least 4 members (excludes halogenated alkanes) is 1. The molecule has 3 atom stereocenters. The Morgan fingerprint density at radius 3 is 2.39 bits per heavy atom. The first-order valence-corrected chi connectivity index (χ1v) is 12.6. The van der Waals surface area contributed by atoms with Crippen LogP contribution in [0.25, 0.3) is 0 Å². The Hall–Kier alpha value is -2.85. The highest BCUT2D eigenvalue weighted by Gasteiger charge is 2.27. The van der Waals surface area contributed by atoms with Crippen molar-refractivity contribution in [1.29, 1.82) is 0 Å². The zero-order valence-electron chi connectivity index (χ0n) is 22.5. The minimum Gasteiger partial charge on any atom is -0.496 e. The number of nitrogens with two attached hydrogens (primary N) is 1. The average molecular weight is 509 g/mol. The fourth-order valence-corrected chi connectivity index (χ4v) is 3.73. The van der Waals surface area contributed by atoms with E-state index in [1.807, 2.05) is 13.8 Å². The highest BCUT2D eigenvalue weighted by Crippen LogP contribution is 2.22. The molecule has 10 heteroatoms. The summed E-state index contributed by atoms with van der Waals surface area (Å²) < 4.78 is 9.98. The van der Waals surface area contributed by atoms with Crippen LogP contribution in [0, 0.1) is 5.92 Å². The lowest BCUT2D eigenvalue weighted by Crippen LogP contribution is -2.50. The van der Waals surface area contributed by atoms with Gasteiger partial charge in [-0.3, -0.25) is 9.59 Å². The number of nitrogens with zero attached hydrogens (tertiary/aromatic N) is 1. The molecule has 10 nitrogen and oxygen atoms in total. The van der Waals surface area contributed by atoms with Gasteiger partial charge in [0, 0.05) is 43.2 Å². The van der Waals surface area contributed by atoms with Crippen LogP contribution in [0.5, 0.6) is 5.75 Å². The zero-order valence-corrected chi connectivity index (χ0v) is 22.5. The van der Waals surface area contributed by atoms with E-state index in [-0.39, 0.29) is 30.8 Å². The molecular weight excluding hydrogens is 464 g/mol. The largest absolute Gasteiger partial charge is 0.496 e. The number of hydrogen-bond acceptors (Lipinski definition) is 7. The van der Waals surface area contributed by atoms with Crippen LogP contribution in [0.3, 0.4) is 0 Å². The number of amides is 3. The number of hydrogen-bond donors (Lipinski definition) is 4. The number of carbonyl (C=O) groups is 3. The monoisotopic (exact) mass is 508 g/mol. The maximum Gasteiger partial charge on any atom is 0.406 e. The van der Waals surface area contributed by atoms with E-state index in [1.165, 1.54) is 7.11 Å². The van der Waals surface area contributed by atoms with Crippen molar-refractivity contribution in [3.05, 3.63) is 29.3 Å². The Kier molecular flexibility index (Phi) is 13.9. The summed E-state index contributed by atoms with van der Waals surface area (Å²) in [5.41, 5.74) is 7.48. The molecule has 0 aromatic heterocycles. The summed E-state index contributed by atoms with van der Waals surface area (Å²) in [5.74, 6) is -0.136. The average Bonchev–Trinajstić information content (AvgIpc) is 2.86. The van der Waals surface area contributed by atoms with E-state index in [4.69, 9.17) is 10.5 Å². The molecule has 0 heterocycles. The molecule has 3 amide bonds. The molecule has 0 saturated heterocycles. The third kappa shape index (κ3) is 10.0. The molecule has 0 unspecified atom stereocenters. The van der Waals surface area contributed by atoms with Gasteiger partial charge in [-0.15, -0.1) is 0 Å². The highest BCUT2D eigenvalue weighted by molar-refractivity contribution is 5.95. The molecule has 1 aromatic carbocycles. The van der Waals surface area contributed by atoms with Crippen molar-refractivity contribution < 1.29 is 29.0 Å². The van der Waals surface area contributed by atoms with Crippen molar-refractivity contribution in [3.8, 4) is 5.75 Å². The van der Waals surface area contributed by atoms with Crippen molar-refractivity contribution in [2.45, 2.75) is 71.6 Å². The number of aliphatic hydroxyl groups excluding tert-OH is 1. The fourth-order valence-electron chi connectivity index (χ4n) is 3.73. The molecule has 1 aromatic rings. The molecule has 0 aliphatic heterocycles. The summed E-state index contributed by atoms with van der Waals surface area (Å²) in [7, 11) is 2.83. The second-order valence-electron chi connectivity index (χ2n) is 9.26. The summed E-state index contributed by atoms with van der Waals surface area (Å²) in [4.78, 5) is 38.6. The van der Waals surface area contributed by atoms with Crippen LogP contribution in [0.2, 0.25) is 0 Å². The van der Waals surface area contributed by atoms with E-state index in [9.17, 15) is 19.5 Å². The summed E-state index contributed by atoms with van der Waals surface area (Å²) >= 11 is 0. The minimum absolute atomic E-state index is 0.112. The van der Waals surface area contributed by atoms with Crippen LogP contribution in [-0.4, -0.2) is 80.0 Å². The fraction of sp³-hybridized carbons (Fsp3) is 0.654. The summed E-state index contributed by atoms with van der Waals surface area (Å²) in [5, 5.41) is 16.1. The maximum absolute atomic E-state index is 13.4. The van der Waals surface area contributed by atoms with Gasteiger partial charge < -0.3 is 35.8 Å². The van der Waals surface area contributed by atoms with Crippen molar-refractivity contribution >= 4 is 17.9 Å². The van der Waals surface area contributed by atoms with E-state index in [1.54, 1.807) is 37.1 Å². The van der Waals surface area contributed by atoms with Crippen molar-refractivity contribution in [2.75, 3.05) is 33.9 Å². The first-order chi connectivity index (χ1) is 17.0. The van der Waals surface area contributed by atoms with Crippen LogP contribution in [0.15, 0.2) is 18.2 Å². The zero-order chi connectivity index (χ0) is 27.3. The number of ether oxygens (including phenoxy) is 2. The number of alkyl carbamates (subject to hydrolysis) is 1. The van der Waals surface area contributed by atoms with Gasteiger partial charge in [0.15, 0.2) is 0 Å². The molecule has 204 valence electrons. The van der Waals surface area contributed by atoms with Gasteiger partial charge in [0.1, 0.15) is 5.75 Å². The van der Waals surface area contributed by atoms with E-state index >= 15 is 0 Å². The SMILES string of the molecule is CCCCNC(=O)[C@H](C)C[C@H](O)[C@@H](N)CN(C(=O)c1ccc(OC)c(CCNC(=O)OC)c1)C(C)C. The maximum atomic E-state index is 13.4. The standard InChI is InChI=1S/C26H44N4O6/c1-7-8-12-28-24(32)18(4)14-22(31)21(27)16-30(17(2)3)25(33)20-9-10-23(35-5)19(15-20)11-13-29-26(34)36-6/h9-10,15,17-18,21-22,31H,7-8,11-14,16,27H2,1-6H3,(H,28,32)(H,29,34)/t18-,21+,22+/m1/s1. The van der Waals surface area contributed by atoms with Gasteiger partial charge in [-0.25, -0.2) is 4.79 Å². The van der Waals surface area contributed by atoms with Crippen molar-refractivity contribution in [1.82, 2.24) is 15.5 Å². The topological polar surface area (TPSA) is 143 Å². The lowest BCUT2D eigenvalue weighted by molar-refractivity contribution is -0.125. The van der Waals surface area contributed by atoms with E-state index < -0.39 is 24.2 Å². The Labute approximate surface area is 214 Å². The van der Waals surface area contributed by atoms with Crippen molar-refractivity contribution in [2.24, 2.45) is 11.7 Å². The predicted octanol–water partition coefficient (Wildman–Crippen LogP) is 2.08. The summed E-state index contributed by atoms with van der Waals surface area (Å²) in [6, 6.07) is 4.24. The quantitative estimate of drug-likeness (QED) is 0.266. The van der Waals surface area contributed by atoms with Gasteiger partial charge in [0.25, 0.3) is 5.91 Å². The van der Waals surface area contributed by atoms with Gasteiger partial charge in [0.2, 0.25) is 5.91 Å². The molecule has 0 bridgehead atoms. The normalized spacial score (nSPS) is 13.5. The molecule has 0 spiro atoms. The molecule has 0 saturated carbocycles. The first kappa shape index (κ1) is 31.2. The third-order valence-electron chi connectivity index (χ3n) is 6.03. The Morgan fingerprint density at radius 1 is 1.11 bits per heavy atom. The van der Waals surface area contributed by atoms with Crippen LogP contribution in [-0.2, 0) is 16.0 Å². The van der Waals surface area contributed by atoms with Gasteiger partial charge in [-0.2, -0.15) is 0 Å². The Balaban J connectivity index is 2.88. The van der Waals surface area contributed by atoms with Crippen LogP contribution < -0.4 is 21.1 Å². The number of methoxy groups -OCH3 is 2. The van der Waals surface area contributed by atoms with E-state index in [2.05, 4.69) is 22.3 Å². The Bertz CT molecular complexity index is 848. The van der Waals surface area contributed by atoms with Gasteiger partial charge in [-0.1, -0.05) is 20.3 Å². The molecule has 0 aliphatic carbocycles. The highest BCUT2D eigenvalue weighted by atomic mass is 16.5. The molecule has 5 N–H and O–H groups in total. The molecule has 36 heavy (non-hydrogen) atoms. The number of aliphatic hydroxyl groups is 1. The molecular formula is C26H44N4O6. The number of carbonyl (C=O) groups excluding carboxylic acids is 3. The van der Waals surface area contributed by atoms with Gasteiger partial charge >= 0.3 is 6.09 Å². The predicted molar refractivity (Wildman–Crippen MR) is 139 cm³/mol. The Morgan fingerprint density at radius 2 is 1.81 bits per heavy atom. The third-order valence-corrected chi connectivity index (χ3v) is 6.03.